The van der Waals surface area contributed by atoms with Crippen molar-refractivity contribution in [2.75, 3.05) is 11.4 Å². The van der Waals surface area contributed by atoms with Crippen molar-refractivity contribution in [1.29, 1.82) is 0 Å². The van der Waals surface area contributed by atoms with Gasteiger partial charge in [0, 0.05) is 36.8 Å². The number of benzene rings is 1. The molecule has 4 heterocycles. The predicted octanol–water partition coefficient (Wildman–Crippen LogP) is 2.22. The molecular weight excluding hydrogens is 344 g/mol. The van der Waals surface area contributed by atoms with Gasteiger partial charge in [-0.3, -0.25) is 9.48 Å². The highest BCUT2D eigenvalue weighted by Gasteiger charge is 2.23. The molecule has 0 radical (unpaired) electrons. The monoisotopic (exact) mass is 364 g/mol. The molecule has 3 aromatic rings. The summed E-state index contributed by atoms with van der Waals surface area (Å²) in [6.45, 7) is 4.49. The SMILES string of the molecule is CC1Cn2nc(-c3nc(-c4cccc(N5CCCC5=O)c4)no3)cc2CN1. The Morgan fingerprint density at radius 3 is 3.07 bits per heavy atom. The van der Waals surface area contributed by atoms with Gasteiger partial charge in [-0.15, -0.1) is 0 Å². The predicted molar refractivity (Wildman–Crippen MR) is 98.8 cm³/mol. The Morgan fingerprint density at radius 2 is 2.22 bits per heavy atom. The zero-order valence-electron chi connectivity index (χ0n) is 15.1. The van der Waals surface area contributed by atoms with Gasteiger partial charge in [0.1, 0.15) is 0 Å². The molecule has 27 heavy (non-hydrogen) atoms. The summed E-state index contributed by atoms with van der Waals surface area (Å²) in [4.78, 5) is 18.3. The van der Waals surface area contributed by atoms with E-state index >= 15 is 0 Å². The molecule has 5 rings (SSSR count). The summed E-state index contributed by atoms with van der Waals surface area (Å²) in [6, 6.07) is 10.1. The normalized spacial score (nSPS) is 19.5. The topological polar surface area (TPSA) is 89.1 Å². The number of rotatable bonds is 3. The van der Waals surface area contributed by atoms with E-state index in [0.29, 0.717) is 29.9 Å². The molecule has 2 aliphatic heterocycles. The minimum Gasteiger partial charge on any atom is -0.332 e. The van der Waals surface area contributed by atoms with Crippen LogP contribution >= 0.6 is 0 Å². The van der Waals surface area contributed by atoms with Gasteiger partial charge in [0.2, 0.25) is 11.7 Å². The summed E-state index contributed by atoms with van der Waals surface area (Å²) >= 11 is 0. The number of anilines is 1. The van der Waals surface area contributed by atoms with Crippen LogP contribution in [-0.4, -0.2) is 38.4 Å². The molecular formula is C19H20N6O2. The summed E-state index contributed by atoms with van der Waals surface area (Å²) in [5.41, 5.74) is 3.49. The lowest BCUT2D eigenvalue weighted by Gasteiger charge is -2.21. The Labute approximate surface area is 156 Å². The second-order valence-electron chi connectivity index (χ2n) is 7.11. The smallest absolute Gasteiger partial charge is 0.278 e. The standard InChI is InChI=1S/C19H20N6O2/c1-12-11-25-15(10-20-12)9-16(22-25)19-21-18(23-27-19)13-4-2-5-14(8-13)24-7-3-6-17(24)26/h2,4-5,8-9,12,20H,3,6-7,10-11H2,1H3. The Morgan fingerprint density at radius 1 is 1.30 bits per heavy atom. The molecule has 0 aliphatic carbocycles. The van der Waals surface area contributed by atoms with E-state index in [2.05, 4.69) is 27.5 Å². The van der Waals surface area contributed by atoms with Gasteiger partial charge in [-0.25, -0.2) is 0 Å². The number of nitrogens with zero attached hydrogens (tertiary/aromatic N) is 5. The summed E-state index contributed by atoms with van der Waals surface area (Å²) in [6.07, 6.45) is 1.50. The van der Waals surface area contributed by atoms with Gasteiger partial charge < -0.3 is 14.7 Å². The zero-order chi connectivity index (χ0) is 18.4. The van der Waals surface area contributed by atoms with E-state index in [1.165, 1.54) is 0 Å². The van der Waals surface area contributed by atoms with Crippen LogP contribution in [0, 0.1) is 0 Å². The first kappa shape index (κ1) is 16.2. The maximum absolute atomic E-state index is 12.0. The Bertz CT molecular complexity index is 1010. The Balaban J connectivity index is 1.44. The molecule has 8 nitrogen and oxygen atoms in total. The third-order valence-corrected chi connectivity index (χ3v) is 5.08. The maximum Gasteiger partial charge on any atom is 0.278 e. The maximum atomic E-state index is 12.0. The molecule has 0 bridgehead atoms. The number of nitrogens with one attached hydrogen (secondary N) is 1. The minimum absolute atomic E-state index is 0.160. The average molecular weight is 364 g/mol. The van der Waals surface area contributed by atoms with Gasteiger partial charge in [-0.1, -0.05) is 17.3 Å². The van der Waals surface area contributed by atoms with Gasteiger partial charge in [0.15, 0.2) is 5.69 Å². The number of aromatic nitrogens is 4. The molecule has 8 heteroatoms. The van der Waals surface area contributed by atoms with E-state index in [1.807, 2.05) is 39.9 Å². The van der Waals surface area contributed by atoms with Crippen LogP contribution in [0.5, 0.6) is 0 Å². The van der Waals surface area contributed by atoms with Crippen molar-refractivity contribution in [3.05, 3.63) is 36.0 Å². The summed E-state index contributed by atoms with van der Waals surface area (Å²) in [5, 5.41) is 12.1. The summed E-state index contributed by atoms with van der Waals surface area (Å²) < 4.78 is 7.44. The van der Waals surface area contributed by atoms with Crippen LogP contribution < -0.4 is 10.2 Å². The van der Waals surface area contributed by atoms with Crippen LogP contribution in [0.2, 0.25) is 0 Å². The van der Waals surface area contributed by atoms with Crippen molar-refractivity contribution < 1.29 is 9.32 Å². The molecule has 1 atom stereocenters. The van der Waals surface area contributed by atoms with Gasteiger partial charge in [0.25, 0.3) is 5.89 Å². The molecule has 1 saturated heterocycles. The van der Waals surface area contributed by atoms with Crippen molar-refractivity contribution >= 4 is 11.6 Å². The van der Waals surface area contributed by atoms with Crippen LogP contribution in [0.3, 0.4) is 0 Å². The average Bonchev–Trinajstić information content (AvgIpc) is 3.40. The fourth-order valence-electron chi connectivity index (χ4n) is 3.64. The lowest BCUT2D eigenvalue weighted by molar-refractivity contribution is -0.117. The number of carbonyl (C=O) groups excluding carboxylic acids is 1. The molecule has 1 unspecified atom stereocenters. The van der Waals surface area contributed by atoms with E-state index in [0.717, 1.165) is 43.0 Å². The number of fused-ring (bicyclic) bond motifs is 1. The van der Waals surface area contributed by atoms with Crippen molar-refractivity contribution in [2.24, 2.45) is 0 Å². The van der Waals surface area contributed by atoms with Crippen LogP contribution in [-0.2, 0) is 17.9 Å². The highest BCUT2D eigenvalue weighted by Crippen LogP contribution is 2.28. The van der Waals surface area contributed by atoms with Crippen LogP contribution in [0.25, 0.3) is 23.0 Å². The van der Waals surface area contributed by atoms with Crippen molar-refractivity contribution in [3.63, 3.8) is 0 Å². The molecule has 0 spiro atoms. The third-order valence-electron chi connectivity index (χ3n) is 5.08. The molecule has 2 aromatic heterocycles. The fourth-order valence-corrected chi connectivity index (χ4v) is 3.64. The largest absolute Gasteiger partial charge is 0.332 e. The van der Waals surface area contributed by atoms with Crippen LogP contribution in [0.15, 0.2) is 34.9 Å². The van der Waals surface area contributed by atoms with E-state index in [4.69, 9.17) is 4.52 Å². The molecule has 1 fully saturated rings. The lowest BCUT2D eigenvalue weighted by atomic mass is 10.2. The molecule has 1 N–H and O–H groups in total. The highest BCUT2D eigenvalue weighted by atomic mass is 16.5. The molecule has 2 aliphatic rings. The second kappa shape index (κ2) is 6.31. The highest BCUT2D eigenvalue weighted by molar-refractivity contribution is 5.95. The second-order valence-corrected chi connectivity index (χ2v) is 7.11. The van der Waals surface area contributed by atoms with Gasteiger partial charge in [-0.05, 0) is 31.5 Å². The molecule has 1 amide bonds. The molecule has 1 aromatic carbocycles. The van der Waals surface area contributed by atoms with E-state index in [1.54, 1.807) is 0 Å². The number of carbonyl (C=O) groups is 1. The number of hydrogen-bond donors (Lipinski definition) is 1. The van der Waals surface area contributed by atoms with Crippen LogP contribution in [0.1, 0.15) is 25.5 Å². The van der Waals surface area contributed by atoms with Gasteiger partial charge >= 0.3 is 0 Å². The van der Waals surface area contributed by atoms with E-state index in [9.17, 15) is 4.79 Å². The Kier molecular flexibility index (Phi) is 3.78. The summed E-state index contributed by atoms with van der Waals surface area (Å²) in [5.74, 6) is 1.06. The first-order valence-corrected chi connectivity index (χ1v) is 9.22. The lowest BCUT2D eigenvalue weighted by Crippen LogP contribution is -2.36. The van der Waals surface area contributed by atoms with Gasteiger partial charge in [0.05, 0.1) is 12.2 Å². The minimum atomic E-state index is 0.160. The first-order chi connectivity index (χ1) is 13.2. The molecule has 138 valence electrons. The fraction of sp³-hybridized carbons (Fsp3) is 0.368. The number of amides is 1. The van der Waals surface area contributed by atoms with Gasteiger partial charge in [-0.2, -0.15) is 10.1 Å². The quantitative estimate of drug-likeness (QED) is 0.767. The van der Waals surface area contributed by atoms with E-state index < -0.39 is 0 Å². The van der Waals surface area contributed by atoms with Crippen LogP contribution in [0.4, 0.5) is 5.69 Å². The third kappa shape index (κ3) is 2.91. The van der Waals surface area contributed by atoms with Crippen molar-refractivity contribution in [1.82, 2.24) is 25.2 Å². The summed E-state index contributed by atoms with van der Waals surface area (Å²) in [7, 11) is 0. The van der Waals surface area contributed by atoms with Crippen molar-refractivity contribution in [3.8, 4) is 23.0 Å². The molecule has 0 saturated carbocycles. The Hall–Kier alpha value is -3.00. The zero-order valence-corrected chi connectivity index (χ0v) is 15.1. The first-order valence-electron chi connectivity index (χ1n) is 9.22. The van der Waals surface area contributed by atoms with E-state index in [-0.39, 0.29) is 5.91 Å². The van der Waals surface area contributed by atoms with Crippen molar-refractivity contribution in [2.45, 2.75) is 38.9 Å². The number of hydrogen-bond acceptors (Lipinski definition) is 6.